The number of carbonyl (C=O) groups excluding carboxylic acids is 2. The molecule has 0 fully saturated rings. The predicted octanol–water partition coefficient (Wildman–Crippen LogP) is 2.11. The van der Waals surface area contributed by atoms with Crippen LogP contribution in [0.1, 0.15) is 22.3 Å². The largest absolute Gasteiger partial charge is 0.481 e. The van der Waals surface area contributed by atoms with Gasteiger partial charge < -0.3 is 10.0 Å². The topological polar surface area (TPSA) is 74.7 Å². The van der Waals surface area contributed by atoms with Gasteiger partial charge in [-0.3, -0.25) is 14.4 Å². The van der Waals surface area contributed by atoms with Crippen LogP contribution in [0, 0.1) is 6.92 Å². The van der Waals surface area contributed by atoms with E-state index in [1.807, 2.05) is 19.1 Å². The number of likely N-dealkylation sites (N-methyl/N-ethyl adjacent to an activating group) is 1. The highest BCUT2D eigenvalue weighted by atomic mass is 32.2. The zero-order chi connectivity index (χ0) is 16.4. The number of aliphatic carboxylic acids is 1. The molecule has 22 heavy (non-hydrogen) atoms. The Morgan fingerprint density at radius 3 is 2.36 bits per heavy atom. The van der Waals surface area contributed by atoms with Crippen molar-refractivity contribution in [3.63, 3.8) is 0 Å². The number of aryl methyl sites for hydroxylation is 1. The van der Waals surface area contributed by atoms with Crippen molar-refractivity contribution in [1.82, 2.24) is 4.90 Å². The van der Waals surface area contributed by atoms with Gasteiger partial charge in [-0.05, 0) is 13.2 Å². The van der Waals surface area contributed by atoms with Gasteiger partial charge in [-0.25, -0.2) is 0 Å². The minimum atomic E-state index is -1.12. The highest BCUT2D eigenvalue weighted by Gasteiger charge is 2.40. The molecule has 0 spiro atoms. The fourth-order valence-electron chi connectivity index (χ4n) is 2.48. The molecule has 0 aromatic heterocycles. The summed E-state index contributed by atoms with van der Waals surface area (Å²) in [6.07, 6.45) is 1.35. The number of ketones is 1. The lowest BCUT2D eigenvalue weighted by molar-refractivity contribution is -0.137. The molecule has 0 bridgehead atoms. The van der Waals surface area contributed by atoms with Gasteiger partial charge in [0.1, 0.15) is 5.37 Å². The maximum Gasteiger partial charge on any atom is 0.308 e. The van der Waals surface area contributed by atoms with Gasteiger partial charge in [0, 0.05) is 23.8 Å². The molecule has 0 aliphatic carbocycles. The highest BCUT2D eigenvalue weighted by molar-refractivity contribution is 7.99. The number of Topliss-reactive ketones (excluding diaryl/α,β-unsaturated/α-hetero) is 1. The second-order valence-corrected chi connectivity index (χ2v) is 6.08. The van der Waals surface area contributed by atoms with E-state index in [0.29, 0.717) is 5.56 Å². The molecule has 1 aliphatic rings. The van der Waals surface area contributed by atoms with Crippen LogP contribution in [0.5, 0.6) is 0 Å². The summed E-state index contributed by atoms with van der Waals surface area (Å²) in [5.74, 6) is -1.79. The average Bonchev–Trinajstić information content (AvgIpc) is 2.71. The van der Waals surface area contributed by atoms with Crippen molar-refractivity contribution < 1.29 is 19.5 Å². The summed E-state index contributed by atoms with van der Waals surface area (Å²) in [6, 6.07) is 7.03. The van der Waals surface area contributed by atoms with Crippen molar-refractivity contribution in [3.05, 3.63) is 46.5 Å². The first-order valence-corrected chi connectivity index (χ1v) is 8.01. The second-order valence-electron chi connectivity index (χ2n) is 5.16. The zero-order valence-electron chi connectivity index (χ0n) is 12.6. The number of rotatable bonds is 5. The first-order valence-electron chi connectivity index (χ1n) is 6.73. The molecule has 1 unspecified atom stereocenters. The van der Waals surface area contributed by atoms with Gasteiger partial charge in [-0.15, -0.1) is 11.8 Å². The van der Waals surface area contributed by atoms with E-state index in [9.17, 15) is 14.4 Å². The fourth-order valence-corrected chi connectivity index (χ4v) is 3.38. The van der Waals surface area contributed by atoms with Crippen molar-refractivity contribution in [1.29, 1.82) is 0 Å². The van der Waals surface area contributed by atoms with Crippen LogP contribution in [0.2, 0.25) is 0 Å². The smallest absolute Gasteiger partial charge is 0.308 e. The molecular weight excluding hydrogens is 302 g/mol. The first kappa shape index (κ1) is 16.3. The molecule has 1 aromatic carbocycles. The fraction of sp³-hybridized carbons (Fsp3) is 0.312. The van der Waals surface area contributed by atoms with Crippen LogP contribution in [-0.4, -0.2) is 46.3 Å². The number of carbonyl (C=O) groups is 3. The van der Waals surface area contributed by atoms with E-state index < -0.39 is 23.7 Å². The van der Waals surface area contributed by atoms with Gasteiger partial charge in [0.2, 0.25) is 0 Å². The highest BCUT2D eigenvalue weighted by Crippen LogP contribution is 2.34. The molecule has 1 amide bonds. The normalized spacial score (nSPS) is 18.0. The Labute approximate surface area is 133 Å². The van der Waals surface area contributed by atoms with E-state index in [2.05, 4.69) is 0 Å². The number of hydrogen-bond donors (Lipinski definition) is 1. The number of nitrogens with zero attached hydrogens (tertiary/aromatic N) is 1. The van der Waals surface area contributed by atoms with E-state index in [1.165, 1.54) is 16.7 Å². The summed E-state index contributed by atoms with van der Waals surface area (Å²) in [6.45, 7) is 1.92. The Bertz CT molecular complexity index is 663. The Kier molecular flexibility index (Phi) is 4.71. The maximum absolute atomic E-state index is 12.8. The molecule has 0 saturated heterocycles. The maximum atomic E-state index is 12.8. The van der Waals surface area contributed by atoms with Gasteiger partial charge in [0.05, 0.1) is 6.42 Å². The summed E-state index contributed by atoms with van der Waals surface area (Å²) in [7, 11) is 1.58. The molecule has 6 heteroatoms. The van der Waals surface area contributed by atoms with Gasteiger partial charge in [0.25, 0.3) is 5.91 Å². The minimum absolute atomic E-state index is 0.0833. The predicted molar refractivity (Wildman–Crippen MR) is 84.9 cm³/mol. The first-order chi connectivity index (χ1) is 10.4. The van der Waals surface area contributed by atoms with E-state index in [4.69, 9.17) is 5.11 Å². The molecular formula is C16H17NO4S. The van der Waals surface area contributed by atoms with Crippen molar-refractivity contribution in [2.45, 2.75) is 18.7 Å². The van der Waals surface area contributed by atoms with Crippen molar-refractivity contribution in [3.8, 4) is 0 Å². The van der Waals surface area contributed by atoms with E-state index >= 15 is 0 Å². The van der Waals surface area contributed by atoms with Crippen LogP contribution < -0.4 is 0 Å². The van der Waals surface area contributed by atoms with Crippen molar-refractivity contribution >= 4 is 29.4 Å². The van der Waals surface area contributed by atoms with Crippen LogP contribution in [0.4, 0.5) is 0 Å². The Morgan fingerprint density at radius 1 is 1.27 bits per heavy atom. The molecule has 1 aromatic rings. The van der Waals surface area contributed by atoms with E-state index in [0.717, 1.165) is 5.56 Å². The van der Waals surface area contributed by atoms with Crippen molar-refractivity contribution in [2.75, 3.05) is 13.3 Å². The lowest BCUT2D eigenvalue weighted by atomic mass is 9.98. The number of amides is 1. The zero-order valence-corrected chi connectivity index (χ0v) is 13.4. The minimum Gasteiger partial charge on any atom is -0.481 e. The Morgan fingerprint density at radius 2 is 1.86 bits per heavy atom. The lowest BCUT2D eigenvalue weighted by Crippen LogP contribution is -2.30. The van der Waals surface area contributed by atoms with Crippen molar-refractivity contribution in [2.24, 2.45) is 0 Å². The van der Waals surface area contributed by atoms with Gasteiger partial charge in [0.15, 0.2) is 5.78 Å². The Balaban J connectivity index is 2.51. The molecule has 0 radical (unpaired) electrons. The molecule has 1 heterocycles. The third-order valence-electron chi connectivity index (χ3n) is 3.61. The lowest BCUT2D eigenvalue weighted by Gasteiger charge is -2.20. The SMILES string of the molecule is CSC1C(C(=O)c2ccc(C)cc2)=C(CC(=O)O)C(=O)N1C. The summed E-state index contributed by atoms with van der Waals surface area (Å²) in [5.41, 5.74) is 1.86. The monoisotopic (exact) mass is 319 g/mol. The second kappa shape index (κ2) is 6.36. The average molecular weight is 319 g/mol. The van der Waals surface area contributed by atoms with Crippen LogP contribution in [0.15, 0.2) is 35.4 Å². The number of benzene rings is 1. The quantitative estimate of drug-likeness (QED) is 0.841. The van der Waals surface area contributed by atoms with Gasteiger partial charge >= 0.3 is 5.97 Å². The molecule has 5 nitrogen and oxygen atoms in total. The molecule has 1 aliphatic heterocycles. The molecule has 1 atom stereocenters. The molecule has 2 rings (SSSR count). The molecule has 0 saturated carbocycles. The molecule has 1 N–H and O–H groups in total. The van der Waals surface area contributed by atoms with E-state index in [-0.39, 0.29) is 16.9 Å². The number of carboxylic acids is 1. The van der Waals surface area contributed by atoms with Gasteiger partial charge in [-0.2, -0.15) is 0 Å². The van der Waals surface area contributed by atoms with Gasteiger partial charge in [-0.1, -0.05) is 29.8 Å². The van der Waals surface area contributed by atoms with Crippen LogP contribution in [-0.2, 0) is 9.59 Å². The third-order valence-corrected chi connectivity index (χ3v) is 4.61. The number of hydrogen-bond acceptors (Lipinski definition) is 4. The third kappa shape index (κ3) is 2.92. The van der Waals surface area contributed by atoms with Crippen LogP contribution in [0.3, 0.4) is 0 Å². The summed E-state index contributed by atoms with van der Waals surface area (Å²) in [5, 5.41) is 8.57. The number of thioether (sulfide) groups is 1. The number of carboxylic acid groups (broad SMARTS) is 1. The summed E-state index contributed by atoms with van der Waals surface area (Å²) in [4.78, 5) is 37.5. The Hall–Kier alpha value is -2.08. The standard InChI is InChI=1S/C16H17NO4S/c1-9-4-6-10(7-5-9)14(20)13-11(8-12(18)19)15(21)17(2)16(13)22-3/h4-7,16H,8H2,1-3H3,(H,18,19). The summed E-state index contributed by atoms with van der Waals surface area (Å²) >= 11 is 1.34. The molecule has 116 valence electrons. The summed E-state index contributed by atoms with van der Waals surface area (Å²) < 4.78 is 0. The van der Waals surface area contributed by atoms with E-state index in [1.54, 1.807) is 25.4 Å². The van der Waals surface area contributed by atoms with Crippen LogP contribution >= 0.6 is 11.8 Å². The van der Waals surface area contributed by atoms with Crippen LogP contribution in [0.25, 0.3) is 0 Å².